The van der Waals surface area contributed by atoms with E-state index in [2.05, 4.69) is 10.6 Å². The van der Waals surface area contributed by atoms with Crippen molar-refractivity contribution in [3.8, 4) is 23.0 Å². The number of nitrogens with one attached hydrogen (secondary N) is 2. The van der Waals surface area contributed by atoms with Gasteiger partial charge in [-0.05, 0) is 79.6 Å². The molecule has 5 aromatic rings. The van der Waals surface area contributed by atoms with Crippen LogP contribution in [0.4, 0.5) is 0 Å². The Bertz CT molecular complexity index is 2830. The van der Waals surface area contributed by atoms with Crippen LogP contribution in [0.3, 0.4) is 0 Å². The summed E-state index contributed by atoms with van der Waals surface area (Å²) < 4.78 is 22.9. The highest BCUT2D eigenvalue weighted by Crippen LogP contribution is 2.57. The van der Waals surface area contributed by atoms with Crippen LogP contribution in [-0.4, -0.2) is 80.8 Å². The number of hydrogen-bond donors (Lipinski definition) is 4. The van der Waals surface area contributed by atoms with Gasteiger partial charge in [-0.15, -0.1) is 23.5 Å². The standard InChI is InChI=1S/C43H32ClN3O12S2/c1-3-56-42(55)36-21(18-61-39-35(38(52)47(36)39)46-34(50)16-45-37(51)26-11-20-12-30(44)19(2)10-31(20)58-40(26)53)17-60-24-6-9-27-25(15-24)41(54)59-43(27)28-7-4-22(48)13-32(28)57-33-14-23(49)5-8-29(33)43/h4-15,35,39,48-49H,3,16-18H2,1-2H3,(H,45,51)(H,46,50). The van der Waals surface area contributed by atoms with Crippen LogP contribution >= 0.6 is 35.1 Å². The number of benzene rings is 4. The molecule has 1 fully saturated rings. The number of esters is 2. The van der Waals surface area contributed by atoms with Gasteiger partial charge in [0.15, 0.2) is 5.60 Å². The fourth-order valence-electron chi connectivity index (χ4n) is 7.81. The van der Waals surface area contributed by atoms with Gasteiger partial charge in [0.1, 0.15) is 51.3 Å². The maximum atomic E-state index is 13.6. The molecular weight excluding hydrogens is 850 g/mol. The zero-order chi connectivity index (χ0) is 42.9. The number of carbonyl (C=O) groups excluding carboxylic acids is 5. The van der Waals surface area contributed by atoms with Gasteiger partial charge in [0.2, 0.25) is 5.91 Å². The zero-order valence-electron chi connectivity index (χ0n) is 32.0. The first kappa shape index (κ1) is 40.0. The van der Waals surface area contributed by atoms with E-state index in [9.17, 15) is 39.0 Å². The van der Waals surface area contributed by atoms with Crippen molar-refractivity contribution >= 4 is 75.8 Å². The Labute approximate surface area is 359 Å². The van der Waals surface area contributed by atoms with E-state index in [1.165, 1.54) is 58.8 Å². The van der Waals surface area contributed by atoms with Gasteiger partial charge in [0.25, 0.3) is 11.8 Å². The lowest BCUT2D eigenvalue weighted by atomic mass is 9.77. The summed E-state index contributed by atoms with van der Waals surface area (Å²) in [4.78, 5) is 81.0. The largest absolute Gasteiger partial charge is 0.508 e. The second kappa shape index (κ2) is 15.2. The molecule has 3 amide bonds. The molecule has 1 spiro atoms. The Kier molecular flexibility index (Phi) is 9.99. The highest BCUT2D eigenvalue weighted by molar-refractivity contribution is 8.01. The normalized spacial score (nSPS) is 18.0. The predicted molar refractivity (Wildman–Crippen MR) is 222 cm³/mol. The molecule has 0 aliphatic carbocycles. The van der Waals surface area contributed by atoms with Crippen LogP contribution in [0.2, 0.25) is 5.02 Å². The minimum atomic E-state index is -1.42. The number of phenolic OH excluding ortho intramolecular Hbond substituents is 2. The number of rotatable bonds is 9. The molecule has 2 unspecified atom stereocenters. The molecule has 4 aliphatic heterocycles. The highest BCUT2D eigenvalue weighted by atomic mass is 35.5. The monoisotopic (exact) mass is 881 g/mol. The second-order valence-corrected chi connectivity index (χ2v) is 17.0. The summed E-state index contributed by atoms with van der Waals surface area (Å²) in [5.41, 5.74) is 0.767. The van der Waals surface area contributed by atoms with Crippen molar-refractivity contribution in [1.29, 1.82) is 0 Å². The van der Waals surface area contributed by atoms with Crippen LogP contribution < -0.4 is 21.0 Å². The molecule has 1 aromatic heterocycles. The minimum absolute atomic E-state index is 0.0515. The molecule has 9 rings (SSSR count). The van der Waals surface area contributed by atoms with Crippen LogP contribution in [-0.2, 0) is 29.5 Å². The van der Waals surface area contributed by atoms with E-state index in [1.807, 2.05) is 6.07 Å². The van der Waals surface area contributed by atoms with Gasteiger partial charge in [-0.2, -0.15) is 0 Å². The summed E-state index contributed by atoms with van der Waals surface area (Å²) in [7, 11) is 0. The number of thioether (sulfide) groups is 2. The van der Waals surface area contributed by atoms with Crippen molar-refractivity contribution in [1.82, 2.24) is 15.5 Å². The van der Waals surface area contributed by atoms with Crippen molar-refractivity contribution < 1.29 is 52.8 Å². The number of fused-ring (bicyclic) bond motifs is 8. The third-order valence-electron chi connectivity index (χ3n) is 10.7. The number of aromatic hydroxyl groups is 2. The minimum Gasteiger partial charge on any atom is -0.508 e. The number of amides is 3. The second-order valence-electron chi connectivity index (χ2n) is 14.4. The van der Waals surface area contributed by atoms with Gasteiger partial charge in [-0.25, -0.2) is 14.4 Å². The molecule has 4 aromatic carbocycles. The first-order valence-electron chi connectivity index (χ1n) is 18.8. The summed E-state index contributed by atoms with van der Waals surface area (Å²) in [6.07, 6.45) is 0. The number of aryl methyl sites for hydroxylation is 1. The molecular formula is C43H32ClN3O12S2. The van der Waals surface area contributed by atoms with Crippen LogP contribution in [0.1, 0.15) is 49.9 Å². The summed E-state index contributed by atoms with van der Waals surface area (Å²) in [5, 5.41) is 25.7. The molecule has 0 saturated carbocycles. The smallest absolute Gasteiger partial charge is 0.355 e. The van der Waals surface area contributed by atoms with Crippen LogP contribution in [0.15, 0.2) is 98.2 Å². The van der Waals surface area contributed by atoms with Gasteiger partial charge in [-0.1, -0.05) is 17.7 Å². The van der Waals surface area contributed by atoms with Crippen LogP contribution in [0.5, 0.6) is 23.0 Å². The molecule has 1 saturated heterocycles. The number of ether oxygens (including phenoxy) is 3. The highest BCUT2D eigenvalue weighted by Gasteiger charge is 2.55. The fraction of sp³-hybridized carbons (Fsp3) is 0.209. The van der Waals surface area contributed by atoms with Gasteiger partial charge in [0, 0.05) is 55.6 Å². The van der Waals surface area contributed by atoms with E-state index in [0.717, 1.165) is 0 Å². The molecule has 5 heterocycles. The van der Waals surface area contributed by atoms with Crippen molar-refractivity contribution in [3.63, 3.8) is 0 Å². The topological polar surface area (TPSA) is 211 Å². The summed E-state index contributed by atoms with van der Waals surface area (Å²) in [6, 6.07) is 17.8. The van der Waals surface area contributed by atoms with E-state index >= 15 is 0 Å². The van der Waals surface area contributed by atoms with E-state index < -0.39 is 58.8 Å². The SMILES string of the molecule is CCOC(=O)C1=C(CSc2ccc3c(c2)C(=O)OC32c3ccc(O)cc3Oc3cc(O)ccc32)CSC2C(NC(=O)CNC(=O)c3cc4cc(Cl)c(C)cc4oc3=O)C(=O)N12. The summed E-state index contributed by atoms with van der Waals surface area (Å²) in [5.74, 6) is -2.45. The molecule has 61 heavy (non-hydrogen) atoms. The lowest BCUT2D eigenvalue weighted by molar-refractivity contribution is -0.152. The Morgan fingerprint density at radius 2 is 1.67 bits per heavy atom. The van der Waals surface area contributed by atoms with E-state index in [0.29, 0.717) is 48.9 Å². The number of phenols is 2. The first-order valence-corrected chi connectivity index (χ1v) is 21.2. The number of β-lactam (4-membered cyclic amide) rings is 1. The summed E-state index contributed by atoms with van der Waals surface area (Å²) in [6.45, 7) is 2.89. The van der Waals surface area contributed by atoms with Crippen LogP contribution in [0, 0.1) is 6.92 Å². The van der Waals surface area contributed by atoms with Crippen molar-refractivity contribution in [2.45, 2.75) is 35.8 Å². The van der Waals surface area contributed by atoms with E-state index in [-0.39, 0.29) is 57.8 Å². The average Bonchev–Trinajstić information content (AvgIpc) is 3.51. The van der Waals surface area contributed by atoms with Crippen molar-refractivity contribution in [2.24, 2.45) is 0 Å². The molecule has 310 valence electrons. The lowest BCUT2D eigenvalue weighted by Crippen LogP contribution is -2.71. The average molecular weight is 882 g/mol. The number of halogens is 1. The Morgan fingerprint density at radius 1 is 0.967 bits per heavy atom. The molecule has 0 bridgehead atoms. The van der Waals surface area contributed by atoms with Crippen LogP contribution in [0.25, 0.3) is 11.0 Å². The Balaban J connectivity index is 0.904. The molecule has 4 N–H and O–H groups in total. The molecule has 15 nitrogen and oxygen atoms in total. The first-order chi connectivity index (χ1) is 29.3. The molecule has 2 atom stereocenters. The Morgan fingerprint density at radius 3 is 2.38 bits per heavy atom. The van der Waals surface area contributed by atoms with Gasteiger partial charge >= 0.3 is 17.6 Å². The molecule has 4 aliphatic rings. The third kappa shape index (κ3) is 6.72. The summed E-state index contributed by atoms with van der Waals surface area (Å²) >= 11 is 8.86. The zero-order valence-corrected chi connectivity index (χ0v) is 34.4. The maximum absolute atomic E-state index is 13.6. The Hall–Kier alpha value is -6.43. The maximum Gasteiger partial charge on any atom is 0.355 e. The van der Waals surface area contributed by atoms with E-state index in [1.54, 1.807) is 50.2 Å². The number of carbonyl (C=O) groups is 5. The van der Waals surface area contributed by atoms with E-state index in [4.69, 9.17) is 30.2 Å². The van der Waals surface area contributed by atoms with Gasteiger partial charge < -0.3 is 39.5 Å². The van der Waals surface area contributed by atoms with Gasteiger partial charge in [-0.3, -0.25) is 19.3 Å². The number of hydrogen-bond acceptors (Lipinski definition) is 14. The third-order valence-corrected chi connectivity index (χ3v) is 13.5. The molecule has 0 radical (unpaired) electrons. The van der Waals surface area contributed by atoms with Gasteiger partial charge in [0.05, 0.1) is 18.7 Å². The van der Waals surface area contributed by atoms with Crippen molar-refractivity contribution in [3.05, 3.63) is 133 Å². The van der Waals surface area contributed by atoms with Crippen molar-refractivity contribution in [2.75, 3.05) is 24.7 Å². The fourth-order valence-corrected chi connectivity index (χ4v) is 10.4. The predicted octanol–water partition coefficient (Wildman–Crippen LogP) is 5.47. The lowest BCUT2D eigenvalue weighted by Gasteiger charge is -2.49. The molecule has 18 heteroatoms. The quantitative estimate of drug-likeness (QED) is 0.0626. The number of nitrogens with zero attached hydrogens (tertiary/aromatic N) is 1.